The van der Waals surface area contributed by atoms with E-state index in [1.165, 1.54) is 6.07 Å². The fourth-order valence-electron chi connectivity index (χ4n) is 4.28. The SMILES string of the molecule is CN1CC[C@H](c2c(O)cc(O)c3c(=O)cc(-c4cc(F)ccc4Cl)oc23)[C@H]1COS(C)(=O)=O. The molecule has 2 N–H and O–H groups in total. The molecule has 0 radical (unpaired) electrons. The van der Waals surface area contributed by atoms with Crippen LogP contribution in [0.25, 0.3) is 22.3 Å². The Labute approximate surface area is 193 Å². The summed E-state index contributed by atoms with van der Waals surface area (Å²) in [5.74, 6) is -1.92. The van der Waals surface area contributed by atoms with Gasteiger partial charge in [0, 0.05) is 35.2 Å². The molecular weight excluding hydrogens is 477 g/mol. The molecule has 2 heterocycles. The van der Waals surface area contributed by atoms with Crippen molar-refractivity contribution in [3.8, 4) is 22.8 Å². The smallest absolute Gasteiger partial charge is 0.264 e. The van der Waals surface area contributed by atoms with Gasteiger partial charge in [-0.05, 0) is 38.2 Å². The van der Waals surface area contributed by atoms with Crippen molar-refractivity contribution >= 4 is 32.7 Å². The first-order valence-corrected chi connectivity index (χ1v) is 12.2. The van der Waals surface area contributed by atoms with Crippen molar-refractivity contribution in [1.29, 1.82) is 0 Å². The highest BCUT2D eigenvalue weighted by molar-refractivity contribution is 7.85. The maximum absolute atomic E-state index is 13.8. The molecule has 0 aliphatic carbocycles. The number of likely N-dealkylation sites (tertiary alicyclic amines) is 1. The second-order valence-corrected chi connectivity index (χ2v) is 10.1. The van der Waals surface area contributed by atoms with Crippen LogP contribution in [0.5, 0.6) is 11.5 Å². The minimum Gasteiger partial charge on any atom is -0.507 e. The fraction of sp³-hybridized carbons (Fsp3) is 0.318. The van der Waals surface area contributed by atoms with E-state index in [0.717, 1.165) is 30.5 Å². The number of rotatable bonds is 5. The van der Waals surface area contributed by atoms with Gasteiger partial charge >= 0.3 is 0 Å². The van der Waals surface area contributed by atoms with E-state index < -0.39 is 39.1 Å². The molecule has 2 aromatic carbocycles. The molecule has 4 rings (SSSR count). The molecule has 33 heavy (non-hydrogen) atoms. The highest BCUT2D eigenvalue weighted by Gasteiger charge is 2.38. The molecule has 2 atom stereocenters. The van der Waals surface area contributed by atoms with Crippen molar-refractivity contribution < 1.29 is 31.6 Å². The predicted octanol–water partition coefficient (Wildman–Crippen LogP) is 3.43. The Kier molecular flexibility index (Phi) is 6.12. The molecule has 8 nitrogen and oxygen atoms in total. The normalized spacial score (nSPS) is 19.4. The van der Waals surface area contributed by atoms with Crippen LogP contribution < -0.4 is 5.43 Å². The first kappa shape index (κ1) is 23.5. The summed E-state index contributed by atoms with van der Waals surface area (Å²) in [5, 5.41) is 21.1. The minimum atomic E-state index is -3.71. The van der Waals surface area contributed by atoms with Crippen LogP contribution in [-0.2, 0) is 14.3 Å². The van der Waals surface area contributed by atoms with Gasteiger partial charge in [0.2, 0.25) is 0 Å². The average Bonchev–Trinajstić information content (AvgIpc) is 3.07. The molecule has 1 aliphatic rings. The highest BCUT2D eigenvalue weighted by atomic mass is 35.5. The first-order chi connectivity index (χ1) is 15.5. The van der Waals surface area contributed by atoms with Gasteiger partial charge in [-0.15, -0.1) is 0 Å². The average molecular weight is 498 g/mol. The number of likely N-dealkylation sites (N-methyl/N-ethyl adjacent to an activating group) is 1. The van der Waals surface area contributed by atoms with Crippen LogP contribution in [0.4, 0.5) is 4.39 Å². The van der Waals surface area contributed by atoms with Crippen molar-refractivity contribution in [1.82, 2.24) is 4.90 Å². The lowest BCUT2D eigenvalue weighted by Crippen LogP contribution is -2.34. The third-order valence-corrected chi connectivity index (χ3v) is 6.73. The molecule has 3 aromatic rings. The summed E-state index contributed by atoms with van der Waals surface area (Å²) in [4.78, 5) is 14.8. The predicted molar refractivity (Wildman–Crippen MR) is 121 cm³/mol. The molecule has 1 aromatic heterocycles. The largest absolute Gasteiger partial charge is 0.507 e. The van der Waals surface area contributed by atoms with Gasteiger partial charge in [-0.25, -0.2) is 4.39 Å². The Balaban J connectivity index is 1.94. The molecule has 1 aliphatic heterocycles. The number of aromatic hydroxyl groups is 2. The Hall–Kier alpha value is -2.66. The van der Waals surface area contributed by atoms with Crippen LogP contribution in [-0.4, -0.2) is 56.0 Å². The van der Waals surface area contributed by atoms with E-state index in [4.69, 9.17) is 20.2 Å². The van der Waals surface area contributed by atoms with Gasteiger partial charge in [0.25, 0.3) is 10.1 Å². The number of hydrogen-bond acceptors (Lipinski definition) is 8. The second-order valence-electron chi connectivity index (χ2n) is 8.06. The van der Waals surface area contributed by atoms with Crippen molar-refractivity contribution in [3.63, 3.8) is 0 Å². The highest BCUT2D eigenvalue weighted by Crippen LogP contribution is 2.44. The van der Waals surface area contributed by atoms with Crippen LogP contribution >= 0.6 is 11.6 Å². The summed E-state index contributed by atoms with van der Waals surface area (Å²) in [6.45, 7) is 0.380. The van der Waals surface area contributed by atoms with Crippen LogP contribution in [0, 0.1) is 5.82 Å². The summed E-state index contributed by atoms with van der Waals surface area (Å²) < 4.78 is 47.9. The van der Waals surface area contributed by atoms with E-state index in [2.05, 4.69) is 0 Å². The molecular formula is C22H21ClFNO7S. The zero-order valence-electron chi connectivity index (χ0n) is 17.7. The van der Waals surface area contributed by atoms with Crippen LogP contribution in [0.2, 0.25) is 5.02 Å². The lowest BCUT2D eigenvalue weighted by Gasteiger charge is -2.25. The van der Waals surface area contributed by atoms with Gasteiger partial charge in [0.05, 0.1) is 17.9 Å². The van der Waals surface area contributed by atoms with Crippen molar-refractivity contribution in [3.05, 3.63) is 57.0 Å². The van der Waals surface area contributed by atoms with Gasteiger partial charge in [0.15, 0.2) is 5.43 Å². The molecule has 0 unspecified atom stereocenters. The molecule has 1 fully saturated rings. The van der Waals surface area contributed by atoms with Gasteiger partial charge in [0.1, 0.15) is 34.0 Å². The van der Waals surface area contributed by atoms with Gasteiger partial charge in [-0.3, -0.25) is 8.98 Å². The third kappa shape index (κ3) is 4.56. The molecule has 0 spiro atoms. The topological polar surface area (TPSA) is 117 Å². The standard InChI is InChI=1S/C22H21ClFNO7S/c1-25-6-5-12(15(25)10-31-33(2,29)30)20-16(26)8-17(27)21-18(28)9-19(32-22(20)21)13-7-11(24)3-4-14(13)23/h3-4,7-9,12,15,26-27H,5-6,10H2,1-2H3/t12-,15+/m0/s1. The Morgan fingerprint density at radius 1 is 1.24 bits per heavy atom. The number of fused-ring (bicyclic) bond motifs is 1. The van der Waals surface area contributed by atoms with Gasteiger partial charge in [-0.1, -0.05) is 11.6 Å². The quantitative estimate of drug-likeness (QED) is 0.515. The van der Waals surface area contributed by atoms with E-state index in [-0.39, 0.29) is 45.2 Å². The van der Waals surface area contributed by atoms with Gasteiger partial charge < -0.3 is 19.5 Å². The van der Waals surface area contributed by atoms with Crippen molar-refractivity contribution in [2.24, 2.45) is 0 Å². The maximum atomic E-state index is 13.8. The van der Waals surface area contributed by atoms with E-state index >= 15 is 0 Å². The lowest BCUT2D eigenvalue weighted by molar-refractivity contribution is 0.193. The molecule has 0 bridgehead atoms. The van der Waals surface area contributed by atoms with Crippen LogP contribution in [0.15, 0.2) is 39.5 Å². The van der Waals surface area contributed by atoms with Crippen LogP contribution in [0.1, 0.15) is 17.9 Å². The van der Waals surface area contributed by atoms with E-state index in [0.29, 0.717) is 13.0 Å². The summed E-state index contributed by atoms with van der Waals surface area (Å²) >= 11 is 6.18. The summed E-state index contributed by atoms with van der Waals surface area (Å²) in [7, 11) is -1.93. The fourth-order valence-corrected chi connectivity index (χ4v) is 4.88. The molecule has 176 valence electrons. The summed E-state index contributed by atoms with van der Waals surface area (Å²) in [6.07, 6.45) is 1.44. The second kappa shape index (κ2) is 8.60. The zero-order valence-corrected chi connectivity index (χ0v) is 19.3. The number of benzene rings is 2. The number of nitrogens with zero attached hydrogens (tertiary/aromatic N) is 1. The lowest BCUT2D eigenvalue weighted by atomic mass is 9.89. The van der Waals surface area contributed by atoms with E-state index in [9.17, 15) is 27.8 Å². The third-order valence-electron chi connectivity index (χ3n) is 5.84. The summed E-state index contributed by atoms with van der Waals surface area (Å²) in [5.41, 5.74) is -0.341. The number of phenols is 2. The Bertz CT molecular complexity index is 1410. The minimum absolute atomic E-state index is 0.0430. The van der Waals surface area contributed by atoms with Crippen LogP contribution in [0.3, 0.4) is 0 Å². The summed E-state index contributed by atoms with van der Waals surface area (Å²) in [6, 6.07) is 5.27. The monoisotopic (exact) mass is 497 g/mol. The van der Waals surface area contributed by atoms with E-state index in [1.54, 1.807) is 7.05 Å². The maximum Gasteiger partial charge on any atom is 0.264 e. The van der Waals surface area contributed by atoms with Crippen molar-refractivity contribution in [2.45, 2.75) is 18.4 Å². The molecule has 0 saturated carbocycles. The molecule has 1 saturated heterocycles. The molecule has 0 amide bonds. The van der Waals surface area contributed by atoms with Gasteiger partial charge in [-0.2, -0.15) is 8.42 Å². The molecule has 11 heteroatoms. The Morgan fingerprint density at radius 2 is 1.97 bits per heavy atom. The zero-order chi connectivity index (χ0) is 24.1. The first-order valence-electron chi connectivity index (χ1n) is 9.99. The van der Waals surface area contributed by atoms with Crippen molar-refractivity contribution in [2.75, 3.05) is 26.5 Å². The Morgan fingerprint density at radius 3 is 2.67 bits per heavy atom. The van der Waals surface area contributed by atoms with E-state index in [1.807, 2.05) is 4.90 Å². The number of halogens is 2. The number of phenolic OH excluding ortho intramolecular Hbond substituents is 2. The number of hydrogen-bond donors (Lipinski definition) is 2.